The first-order valence-electron chi connectivity index (χ1n) is 5.08. The van der Waals surface area contributed by atoms with E-state index in [1.165, 1.54) is 11.8 Å². The minimum Gasteiger partial charge on any atom is -0.372 e. The fourth-order valence-corrected chi connectivity index (χ4v) is 3.24. The van der Waals surface area contributed by atoms with Crippen molar-refractivity contribution < 1.29 is 0 Å². The normalized spacial score (nSPS) is 10.4. The molecule has 0 aliphatic rings. The highest BCUT2D eigenvalue weighted by Gasteiger charge is 2.11. The van der Waals surface area contributed by atoms with Gasteiger partial charge in [0.1, 0.15) is 10.8 Å². The zero-order valence-electron chi connectivity index (χ0n) is 9.38. The Morgan fingerprint density at radius 1 is 1.22 bits per heavy atom. The van der Waals surface area contributed by atoms with Crippen LogP contribution in [0, 0.1) is 0 Å². The Morgan fingerprint density at radius 2 is 1.94 bits per heavy atom. The molecule has 1 aromatic heterocycles. The van der Waals surface area contributed by atoms with Gasteiger partial charge in [-0.2, -0.15) is 0 Å². The van der Waals surface area contributed by atoms with Gasteiger partial charge in [0.05, 0.1) is 10.0 Å². The van der Waals surface area contributed by atoms with Crippen molar-refractivity contribution in [2.24, 2.45) is 0 Å². The van der Waals surface area contributed by atoms with Crippen LogP contribution in [0.25, 0.3) is 0 Å². The van der Waals surface area contributed by atoms with Crippen LogP contribution in [0.1, 0.15) is 0 Å². The molecule has 18 heavy (non-hydrogen) atoms. The van der Waals surface area contributed by atoms with Gasteiger partial charge in [-0.25, -0.2) is 4.98 Å². The molecule has 0 aliphatic heterocycles. The molecule has 0 fully saturated rings. The predicted octanol–water partition coefficient (Wildman–Crippen LogP) is 5.34. The van der Waals surface area contributed by atoms with Gasteiger partial charge < -0.3 is 5.32 Å². The number of pyridine rings is 1. The standard InChI is InChI=1S/C12H9BrCl2N2S/c1-16-11-8(14)6-9(15)12(17-11)18-10-5-3-2-4-7(10)13/h2-6H,1H3,(H,16,17). The second kappa shape index (κ2) is 6.15. The van der Waals surface area contributed by atoms with Gasteiger partial charge in [0.2, 0.25) is 0 Å². The molecule has 0 saturated heterocycles. The lowest BCUT2D eigenvalue weighted by molar-refractivity contribution is 1.12. The maximum absolute atomic E-state index is 6.15. The second-order valence-electron chi connectivity index (χ2n) is 3.39. The maximum Gasteiger partial charge on any atom is 0.146 e. The van der Waals surface area contributed by atoms with Crippen LogP contribution in [0.3, 0.4) is 0 Å². The van der Waals surface area contributed by atoms with Gasteiger partial charge in [0, 0.05) is 16.4 Å². The summed E-state index contributed by atoms with van der Waals surface area (Å²) in [5.41, 5.74) is 0. The Morgan fingerprint density at radius 3 is 2.61 bits per heavy atom. The van der Waals surface area contributed by atoms with Crippen molar-refractivity contribution in [2.45, 2.75) is 9.92 Å². The molecule has 0 aliphatic carbocycles. The summed E-state index contributed by atoms with van der Waals surface area (Å²) >= 11 is 17.1. The SMILES string of the molecule is CNc1nc(Sc2ccccc2Br)c(Cl)cc1Cl. The molecule has 0 unspecified atom stereocenters. The maximum atomic E-state index is 6.15. The van der Waals surface area contributed by atoms with E-state index >= 15 is 0 Å². The monoisotopic (exact) mass is 362 g/mol. The number of aromatic nitrogens is 1. The summed E-state index contributed by atoms with van der Waals surface area (Å²) in [4.78, 5) is 5.45. The van der Waals surface area contributed by atoms with Crippen molar-refractivity contribution in [3.8, 4) is 0 Å². The molecule has 2 aromatic rings. The van der Waals surface area contributed by atoms with Crippen molar-refractivity contribution >= 4 is 56.7 Å². The summed E-state index contributed by atoms with van der Waals surface area (Å²) in [6.45, 7) is 0. The van der Waals surface area contributed by atoms with Crippen LogP contribution in [-0.2, 0) is 0 Å². The highest BCUT2D eigenvalue weighted by Crippen LogP contribution is 2.38. The van der Waals surface area contributed by atoms with Crippen molar-refractivity contribution in [2.75, 3.05) is 12.4 Å². The first-order valence-corrected chi connectivity index (χ1v) is 7.44. The molecule has 0 atom stereocenters. The lowest BCUT2D eigenvalue weighted by atomic mass is 10.4. The van der Waals surface area contributed by atoms with Gasteiger partial charge in [-0.15, -0.1) is 0 Å². The van der Waals surface area contributed by atoms with E-state index in [2.05, 4.69) is 26.2 Å². The molecule has 1 N–H and O–H groups in total. The highest BCUT2D eigenvalue weighted by molar-refractivity contribution is 9.10. The third-order valence-corrected chi connectivity index (χ3v) is 4.90. The van der Waals surface area contributed by atoms with Crippen LogP contribution >= 0.6 is 50.9 Å². The number of hydrogen-bond donors (Lipinski definition) is 1. The van der Waals surface area contributed by atoms with Crippen molar-refractivity contribution in [1.29, 1.82) is 0 Å². The summed E-state index contributed by atoms with van der Waals surface area (Å²) in [6, 6.07) is 9.60. The van der Waals surface area contributed by atoms with E-state index in [1.807, 2.05) is 24.3 Å². The van der Waals surface area contributed by atoms with Crippen LogP contribution in [-0.4, -0.2) is 12.0 Å². The van der Waals surface area contributed by atoms with Crippen molar-refractivity contribution in [3.63, 3.8) is 0 Å². The van der Waals surface area contributed by atoms with Crippen LogP contribution in [0.15, 0.2) is 44.7 Å². The summed E-state index contributed by atoms with van der Waals surface area (Å²) in [5.74, 6) is 0.621. The summed E-state index contributed by atoms with van der Waals surface area (Å²) in [5, 5.41) is 4.71. The van der Waals surface area contributed by atoms with Gasteiger partial charge >= 0.3 is 0 Å². The zero-order chi connectivity index (χ0) is 13.1. The number of hydrogen-bond acceptors (Lipinski definition) is 3. The Hall–Kier alpha value is -0.420. The third-order valence-electron chi connectivity index (χ3n) is 2.18. The quantitative estimate of drug-likeness (QED) is 0.796. The first-order chi connectivity index (χ1) is 8.61. The average molecular weight is 364 g/mol. The van der Waals surface area contributed by atoms with Gasteiger partial charge in [0.15, 0.2) is 0 Å². The number of nitrogens with one attached hydrogen (secondary N) is 1. The molecule has 0 radical (unpaired) electrons. The molecule has 0 saturated carbocycles. The Balaban J connectivity index is 2.38. The molecular weight excluding hydrogens is 355 g/mol. The Kier molecular flexibility index (Phi) is 4.78. The van der Waals surface area contributed by atoms with Crippen LogP contribution in [0.2, 0.25) is 10.0 Å². The van der Waals surface area contributed by atoms with Crippen LogP contribution < -0.4 is 5.32 Å². The van der Waals surface area contributed by atoms with Crippen LogP contribution in [0.4, 0.5) is 5.82 Å². The van der Waals surface area contributed by atoms with Crippen molar-refractivity contribution in [3.05, 3.63) is 44.8 Å². The van der Waals surface area contributed by atoms with E-state index in [9.17, 15) is 0 Å². The molecule has 6 heteroatoms. The number of anilines is 1. The van der Waals surface area contributed by atoms with Gasteiger partial charge in [-0.3, -0.25) is 0 Å². The molecule has 0 bridgehead atoms. The largest absolute Gasteiger partial charge is 0.372 e. The summed E-state index contributed by atoms with van der Waals surface area (Å²) in [7, 11) is 1.77. The number of nitrogens with zero attached hydrogens (tertiary/aromatic N) is 1. The highest BCUT2D eigenvalue weighted by atomic mass is 79.9. The fourth-order valence-electron chi connectivity index (χ4n) is 1.33. The number of rotatable bonds is 3. The van der Waals surface area contributed by atoms with Crippen molar-refractivity contribution in [1.82, 2.24) is 4.98 Å². The number of benzene rings is 1. The zero-order valence-corrected chi connectivity index (χ0v) is 13.3. The van der Waals surface area contributed by atoms with Crippen LogP contribution in [0.5, 0.6) is 0 Å². The molecule has 1 heterocycles. The van der Waals surface area contributed by atoms with E-state index in [-0.39, 0.29) is 0 Å². The smallest absolute Gasteiger partial charge is 0.146 e. The van der Waals surface area contributed by atoms with E-state index in [4.69, 9.17) is 23.2 Å². The Bertz CT molecular complexity index is 578. The minimum absolute atomic E-state index is 0.513. The lowest BCUT2D eigenvalue weighted by Gasteiger charge is -2.09. The third kappa shape index (κ3) is 3.12. The average Bonchev–Trinajstić information content (AvgIpc) is 2.35. The molecule has 2 rings (SSSR count). The molecule has 2 nitrogen and oxygen atoms in total. The van der Waals surface area contributed by atoms with E-state index in [0.717, 1.165) is 14.4 Å². The molecule has 0 amide bonds. The topological polar surface area (TPSA) is 24.9 Å². The minimum atomic E-state index is 0.513. The van der Waals surface area contributed by atoms with Gasteiger partial charge in [0.25, 0.3) is 0 Å². The molecule has 94 valence electrons. The first kappa shape index (κ1) is 14.0. The van der Waals surface area contributed by atoms with E-state index in [1.54, 1.807) is 13.1 Å². The predicted molar refractivity (Wildman–Crippen MR) is 82.1 cm³/mol. The molecular formula is C12H9BrCl2N2S. The summed E-state index contributed by atoms with van der Waals surface area (Å²) < 4.78 is 1.01. The fraction of sp³-hybridized carbons (Fsp3) is 0.0833. The van der Waals surface area contributed by atoms with E-state index in [0.29, 0.717) is 15.9 Å². The second-order valence-corrected chi connectivity index (χ2v) is 6.09. The number of halogens is 3. The van der Waals surface area contributed by atoms with Gasteiger partial charge in [-0.05, 0) is 34.1 Å². The Labute approximate surface area is 128 Å². The van der Waals surface area contributed by atoms with Gasteiger partial charge in [-0.1, -0.05) is 47.1 Å². The molecule has 0 spiro atoms. The van der Waals surface area contributed by atoms with E-state index < -0.39 is 0 Å². The summed E-state index contributed by atoms with van der Waals surface area (Å²) in [6.07, 6.45) is 0. The lowest BCUT2D eigenvalue weighted by Crippen LogP contribution is -1.95. The molecule has 1 aromatic carbocycles.